The predicted molar refractivity (Wildman–Crippen MR) is 44.3 cm³/mol. The molecule has 0 N–H and O–H groups in total. The van der Waals surface area contributed by atoms with Crippen LogP contribution in [0.3, 0.4) is 0 Å². The number of nitrogens with zero attached hydrogens (tertiary/aromatic N) is 1. The van der Waals surface area contributed by atoms with Crippen LogP contribution in [0.4, 0.5) is 4.79 Å². The van der Waals surface area contributed by atoms with E-state index in [1.807, 2.05) is 12.2 Å². The number of carbonyl (C=O) groups excluding carboxylic acids is 1. The first-order chi connectivity index (χ1) is 5.25. The summed E-state index contributed by atoms with van der Waals surface area (Å²) in [5, 5.41) is -0.475. The average molecular weight is 170 g/mol. The molecule has 0 saturated heterocycles. The fourth-order valence-corrected chi connectivity index (χ4v) is 1.21. The Morgan fingerprint density at radius 3 is 2.91 bits per heavy atom. The zero-order valence-electron chi connectivity index (χ0n) is 5.96. The second-order valence-electron chi connectivity index (χ2n) is 2.29. The minimum atomic E-state index is -0.475. The van der Waals surface area contributed by atoms with E-state index in [0.717, 1.165) is 0 Å². The zero-order valence-corrected chi connectivity index (χ0v) is 6.71. The highest BCUT2D eigenvalue weighted by atomic mass is 35.5. The van der Waals surface area contributed by atoms with E-state index < -0.39 is 5.37 Å². The van der Waals surface area contributed by atoms with Crippen molar-refractivity contribution >= 4 is 17.0 Å². The van der Waals surface area contributed by atoms with E-state index in [1.54, 1.807) is 0 Å². The Morgan fingerprint density at radius 2 is 2.45 bits per heavy atom. The first kappa shape index (κ1) is 8.16. The molecular formula is C8H8ClNO. The van der Waals surface area contributed by atoms with Gasteiger partial charge in [-0.1, -0.05) is 18.1 Å². The van der Waals surface area contributed by atoms with Crippen LogP contribution in [-0.2, 0) is 0 Å². The highest BCUT2D eigenvalue weighted by molar-refractivity contribution is 6.62. The molecule has 1 rings (SSSR count). The van der Waals surface area contributed by atoms with Gasteiger partial charge in [-0.15, -0.1) is 6.42 Å². The van der Waals surface area contributed by atoms with Crippen LogP contribution in [0.5, 0.6) is 0 Å². The van der Waals surface area contributed by atoms with Gasteiger partial charge in [0.05, 0.1) is 6.04 Å². The minimum absolute atomic E-state index is 0.162. The van der Waals surface area contributed by atoms with Gasteiger partial charge in [-0.05, 0) is 18.0 Å². The maximum Gasteiger partial charge on any atom is 0.317 e. The number of hydrogen-bond donors (Lipinski definition) is 0. The molecule has 1 aliphatic heterocycles. The van der Waals surface area contributed by atoms with Gasteiger partial charge >= 0.3 is 5.37 Å². The van der Waals surface area contributed by atoms with Crippen molar-refractivity contribution in [2.45, 2.75) is 12.5 Å². The van der Waals surface area contributed by atoms with Gasteiger partial charge in [0.25, 0.3) is 0 Å². The second-order valence-corrected chi connectivity index (χ2v) is 2.62. The maximum absolute atomic E-state index is 10.7. The molecule has 58 valence electrons. The Hall–Kier alpha value is -0.940. The van der Waals surface area contributed by atoms with Crippen LogP contribution in [0.1, 0.15) is 6.42 Å². The number of terminal acetylenes is 1. The van der Waals surface area contributed by atoms with E-state index in [0.29, 0.717) is 13.0 Å². The summed E-state index contributed by atoms with van der Waals surface area (Å²) >= 11 is 5.29. The van der Waals surface area contributed by atoms with Gasteiger partial charge in [-0.2, -0.15) is 0 Å². The fourth-order valence-electron chi connectivity index (χ4n) is 1.02. The molecule has 0 spiro atoms. The average Bonchev–Trinajstić information content (AvgIpc) is 2.04. The zero-order chi connectivity index (χ0) is 8.27. The molecule has 0 aromatic carbocycles. The molecular weight excluding hydrogens is 162 g/mol. The van der Waals surface area contributed by atoms with E-state index in [1.165, 1.54) is 4.90 Å². The molecule has 1 unspecified atom stereocenters. The quantitative estimate of drug-likeness (QED) is 0.234. The van der Waals surface area contributed by atoms with Gasteiger partial charge in [0.15, 0.2) is 0 Å². The van der Waals surface area contributed by atoms with Crippen molar-refractivity contribution in [3.8, 4) is 12.3 Å². The molecule has 1 amide bonds. The third-order valence-corrected chi connectivity index (χ3v) is 1.84. The number of rotatable bonds is 0. The van der Waals surface area contributed by atoms with E-state index in [4.69, 9.17) is 18.0 Å². The molecule has 2 nitrogen and oxygen atoms in total. The Bertz CT molecular complexity index is 229. The van der Waals surface area contributed by atoms with Crippen molar-refractivity contribution in [3.05, 3.63) is 12.2 Å². The molecule has 1 aliphatic rings. The summed E-state index contributed by atoms with van der Waals surface area (Å²) in [4.78, 5) is 12.2. The molecule has 0 radical (unpaired) electrons. The van der Waals surface area contributed by atoms with Crippen LogP contribution in [0.15, 0.2) is 12.2 Å². The molecule has 0 aromatic heterocycles. The summed E-state index contributed by atoms with van der Waals surface area (Å²) in [5.41, 5.74) is 0. The second kappa shape index (κ2) is 3.45. The van der Waals surface area contributed by atoms with Crippen LogP contribution < -0.4 is 0 Å². The lowest BCUT2D eigenvalue weighted by Gasteiger charge is -2.26. The SMILES string of the molecule is C#CC1CC=CCN1C(=O)Cl. The van der Waals surface area contributed by atoms with E-state index in [9.17, 15) is 4.79 Å². The molecule has 0 fully saturated rings. The lowest BCUT2D eigenvalue weighted by molar-refractivity contribution is 0.216. The van der Waals surface area contributed by atoms with E-state index in [2.05, 4.69) is 5.92 Å². The first-order valence-corrected chi connectivity index (χ1v) is 3.70. The smallest absolute Gasteiger partial charge is 0.311 e. The van der Waals surface area contributed by atoms with Crippen LogP contribution in [-0.4, -0.2) is 22.9 Å². The first-order valence-electron chi connectivity index (χ1n) is 3.33. The molecule has 11 heavy (non-hydrogen) atoms. The summed E-state index contributed by atoms with van der Waals surface area (Å²) in [7, 11) is 0. The van der Waals surface area contributed by atoms with E-state index >= 15 is 0 Å². The van der Waals surface area contributed by atoms with Crippen molar-refractivity contribution in [2.75, 3.05) is 6.54 Å². The summed E-state index contributed by atoms with van der Waals surface area (Å²) < 4.78 is 0. The van der Waals surface area contributed by atoms with Gasteiger partial charge in [-0.25, -0.2) is 0 Å². The third kappa shape index (κ3) is 1.75. The fraction of sp³-hybridized carbons (Fsp3) is 0.375. The molecule has 3 heteroatoms. The third-order valence-electron chi connectivity index (χ3n) is 1.62. The highest BCUT2D eigenvalue weighted by Crippen LogP contribution is 2.12. The monoisotopic (exact) mass is 169 g/mol. The molecule has 0 aliphatic carbocycles. The van der Waals surface area contributed by atoms with Crippen molar-refractivity contribution < 1.29 is 4.79 Å². The van der Waals surface area contributed by atoms with Crippen molar-refractivity contribution in [1.29, 1.82) is 0 Å². The molecule has 1 atom stereocenters. The largest absolute Gasteiger partial charge is 0.317 e. The summed E-state index contributed by atoms with van der Waals surface area (Å²) in [6.07, 6.45) is 9.74. The van der Waals surface area contributed by atoms with Crippen LogP contribution in [0, 0.1) is 12.3 Å². The Balaban J connectivity index is 2.71. The van der Waals surface area contributed by atoms with Crippen molar-refractivity contribution in [3.63, 3.8) is 0 Å². The van der Waals surface area contributed by atoms with Crippen molar-refractivity contribution in [1.82, 2.24) is 4.90 Å². The molecule has 1 heterocycles. The standard InChI is InChI=1S/C8H8ClNO/c1-2-7-5-3-4-6-10(7)8(9)11/h1,3-4,7H,5-6H2. The number of amides is 1. The van der Waals surface area contributed by atoms with Crippen LogP contribution in [0.25, 0.3) is 0 Å². The number of halogens is 1. The van der Waals surface area contributed by atoms with Crippen LogP contribution >= 0.6 is 11.6 Å². The van der Waals surface area contributed by atoms with Gasteiger partial charge in [-0.3, -0.25) is 4.79 Å². The van der Waals surface area contributed by atoms with Gasteiger partial charge in [0.2, 0.25) is 0 Å². The van der Waals surface area contributed by atoms with E-state index in [-0.39, 0.29) is 6.04 Å². The van der Waals surface area contributed by atoms with Gasteiger partial charge in [0, 0.05) is 6.54 Å². The lowest BCUT2D eigenvalue weighted by atomic mass is 10.1. The Labute approximate surface area is 70.8 Å². The molecule has 0 saturated carbocycles. The Morgan fingerprint density at radius 1 is 1.73 bits per heavy atom. The molecule has 0 aromatic rings. The Kier molecular flexibility index (Phi) is 2.56. The van der Waals surface area contributed by atoms with Gasteiger partial charge in [0.1, 0.15) is 0 Å². The summed E-state index contributed by atoms with van der Waals surface area (Å²) in [5.74, 6) is 2.50. The topological polar surface area (TPSA) is 20.3 Å². The number of hydrogen-bond acceptors (Lipinski definition) is 1. The summed E-state index contributed by atoms with van der Waals surface area (Å²) in [6, 6.07) is -0.162. The number of carbonyl (C=O) groups is 1. The summed E-state index contributed by atoms with van der Waals surface area (Å²) in [6.45, 7) is 0.525. The molecule has 0 bridgehead atoms. The van der Waals surface area contributed by atoms with Gasteiger partial charge < -0.3 is 4.90 Å². The maximum atomic E-state index is 10.7. The van der Waals surface area contributed by atoms with Crippen molar-refractivity contribution in [2.24, 2.45) is 0 Å². The normalized spacial score (nSPS) is 22.9. The lowest BCUT2D eigenvalue weighted by Crippen LogP contribution is -2.38. The predicted octanol–water partition coefficient (Wildman–Crippen LogP) is 1.61. The highest BCUT2D eigenvalue weighted by Gasteiger charge is 2.20. The van der Waals surface area contributed by atoms with Crippen LogP contribution in [0.2, 0.25) is 0 Å². The minimum Gasteiger partial charge on any atom is -0.311 e.